The Balaban J connectivity index is 1.25. The first-order valence-electron chi connectivity index (χ1n) is 19.9. The predicted molar refractivity (Wildman–Crippen MR) is 237 cm³/mol. The highest BCUT2D eigenvalue weighted by Gasteiger charge is 2.36. The van der Waals surface area contributed by atoms with Crippen molar-refractivity contribution in [2.24, 2.45) is 5.92 Å². The van der Waals surface area contributed by atoms with Crippen molar-refractivity contribution in [1.29, 1.82) is 0 Å². The minimum absolute atomic E-state index is 0.0618. The molecule has 1 atom stereocenters. The first-order chi connectivity index (χ1) is 27.4. The number of para-hydroxylation sites is 4. The molecule has 0 radical (unpaired) electrons. The van der Waals surface area contributed by atoms with E-state index in [0.717, 1.165) is 56.9 Å². The third kappa shape index (κ3) is 5.59. The van der Waals surface area contributed by atoms with Crippen LogP contribution < -0.4 is 9.80 Å². The maximum atomic E-state index is 5.32. The second kappa shape index (κ2) is 13.6. The molecular formula is C52H44N4. The van der Waals surface area contributed by atoms with Crippen LogP contribution in [-0.2, 0) is 6.42 Å². The highest BCUT2D eigenvalue weighted by molar-refractivity contribution is 6.12. The average Bonchev–Trinajstić information content (AvgIpc) is 3.24. The fourth-order valence-corrected chi connectivity index (χ4v) is 9.06. The Kier molecular flexibility index (Phi) is 8.29. The van der Waals surface area contributed by atoms with Gasteiger partial charge < -0.3 is 4.90 Å². The standard InChI is InChI=1S/C52H44N4/c1-33(2)43-31-47(55(37-17-7-5-8-18-37)49-29-23-35-15-11-13-21-45(35)53-49)41-28-26-40-44(34(3)4)32-48(42-27-25-39(43)51(41)52(40)42)56(38-19-9-6-10-20-38)50-30-24-36-16-12-14-22-46(36)54-50/h5-25,27-34,47H,26H2,1-4H3. The van der Waals surface area contributed by atoms with Gasteiger partial charge in [-0.15, -0.1) is 0 Å². The molecule has 0 saturated carbocycles. The van der Waals surface area contributed by atoms with Gasteiger partial charge in [-0.1, -0.05) is 125 Å². The maximum Gasteiger partial charge on any atom is 0.138 e. The van der Waals surface area contributed by atoms with E-state index in [0.29, 0.717) is 11.8 Å². The molecule has 0 saturated heterocycles. The van der Waals surface area contributed by atoms with Gasteiger partial charge in [0.05, 0.1) is 22.8 Å². The number of anilines is 5. The summed E-state index contributed by atoms with van der Waals surface area (Å²) >= 11 is 0. The molecule has 0 spiro atoms. The zero-order valence-electron chi connectivity index (χ0n) is 32.3. The molecule has 0 fully saturated rings. The maximum absolute atomic E-state index is 5.32. The van der Waals surface area contributed by atoms with Crippen molar-refractivity contribution in [2.45, 2.75) is 46.1 Å². The Labute approximate surface area is 329 Å². The smallest absolute Gasteiger partial charge is 0.138 e. The number of hydrogen-bond acceptors (Lipinski definition) is 4. The van der Waals surface area contributed by atoms with Gasteiger partial charge in [0, 0.05) is 27.5 Å². The number of rotatable bonds is 8. The van der Waals surface area contributed by atoms with E-state index in [2.05, 4.69) is 201 Å². The molecule has 0 bridgehead atoms. The molecule has 0 amide bonds. The first-order valence-corrected chi connectivity index (χ1v) is 19.9. The van der Waals surface area contributed by atoms with E-state index in [1.54, 1.807) is 0 Å². The fourth-order valence-electron chi connectivity index (χ4n) is 9.06. The molecule has 272 valence electrons. The molecule has 4 heteroatoms. The van der Waals surface area contributed by atoms with Crippen LogP contribution >= 0.6 is 0 Å². The summed E-state index contributed by atoms with van der Waals surface area (Å²) in [6, 6.07) is 54.3. The van der Waals surface area contributed by atoms with Crippen LogP contribution in [0.1, 0.15) is 55.9 Å². The summed E-state index contributed by atoms with van der Waals surface area (Å²) in [5.74, 6) is 2.48. The van der Waals surface area contributed by atoms with Gasteiger partial charge in [0.1, 0.15) is 11.6 Å². The van der Waals surface area contributed by atoms with Gasteiger partial charge in [0.25, 0.3) is 0 Å². The number of fused-ring (bicyclic) bond motifs is 2. The molecule has 1 unspecified atom stereocenters. The van der Waals surface area contributed by atoms with E-state index in [-0.39, 0.29) is 6.04 Å². The Morgan fingerprint density at radius 1 is 0.589 bits per heavy atom. The Bertz CT molecular complexity index is 2850. The van der Waals surface area contributed by atoms with E-state index in [4.69, 9.17) is 9.97 Å². The predicted octanol–water partition coefficient (Wildman–Crippen LogP) is 13.7. The second-order valence-corrected chi connectivity index (χ2v) is 15.7. The summed E-state index contributed by atoms with van der Waals surface area (Å²) in [6.07, 6.45) is 5.90. The van der Waals surface area contributed by atoms with Crippen LogP contribution in [0.2, 0.25) is 0 Å². The van der Waals surface area contributed by atoms with Gasteiger partial charge in [-0.2, -0.15) is 0 Å². The van der Waals surface area contributed by atoms with Crippen molar-refractivity contribution in [2.75, 3.05) is 9.80 Å². The third-order valence-electron chi connectivity index (χ3n) is 11.7. The van der Waals surface area contributed by atoms with Crippen LogP contribution in [0, 0.1) is 5.92 Å². The highest BCUT2D eigenvalue weighted by Crippen LogP contribution is 2.52. The zero-order valence-corrected chi connectivity index (χ0v) is 32.3. The molecule has 4 nitrogen and oxygen atoms in total. The van der Waals surface area contributed by atoms with Gasteiger partial charge in [0.2, 0.25) is 0 Å². The lowest BCUT2D eigenvalue weighted by Gasteiger charge is -2.40. The molecule has 0 N–H and O–H groups in total. The summed E-state index contributed by atoms with van der Waals surface area (Å²) in [7, 11) is 0. The van der Waals surface area contributed by atoms with Crippen LogP contribution in [-0.4, -0.2) is 16.0 Å². The van der Waals surface area contributed by atoms with E-state index in [1.807, 2.05) is 0 Å². The van der Waals surface area contributed by atoms with Crippen LogP contribution in [0.15, 0.2) is 164 Å². The molecule has 2 aliphatic carbocycles. The molecule has 2 aromatic heterocycles. The van der Waals surface area contributed by atoms with Crippen molar-refractivity contribution in [3.05, 3.63) is 186 Å². The van der Waals surface area contributed by atoms with Crippen LogP contribution in [0.4, 0.5) is 28.7 Å². The SMILES string of the molecule is CC(C)C1=CC(N(c2ccccc2)c2ccc3ccccc3n2)C2=CCc3c(C(C)C)cc(N(c4ccccc4)c4ccc5ccccc5n4)c4ccc1c2c34. The van der Waals surface area contributed by atoms with E-state index in [9.17, 15) is 0 Å². The number of aromatic nitrogens is 2. The van der Waals surface area contributed by atoms with Gasteiger partial charge in [-0.25, -0.2) is 9.97 Å². The van der Waals surface area contributed by atoms with E-state index >= 15 is 0 Å². The number of benzene rings is 6. The van der Waals surface area contributed by atoms with E-state index < -0.39 is 0 Å². The summed E-state index contributed by atoms with van der Waals surface area (Å²) < 4.78 is 0. The van der Waals surface area contributed by atoms with Crippen molar-refractivity contribution < 1.29 is 0 Å². The molecule has 6 aromatic carbocycles. The number of pyridine rings is 2. The molecular weight excluding hydrogens is 681 g/mol. The Morgan fingerprint density at radius 2 is 1.20 bits per heavy atom. The number of nitrogens with zero attached hydrogens (tertiary/aromatic N) is 4. The minimum Gasteiger partial charge on any atom is -0.315 e. The lowest BCUT2D eigenvalue weighted by molar-refractivity contribution is 0.829. The monoisotopic (exact) mass is 724 g/mol. The topological polar surface area (TPSA) is 32.3 Å². The quantitative estimate of drug-likeness (QED) is 0.156. The van der Waals surface area contributed by atoms with Crippen LogP contribution in [0.25, 0.3) is 43.7 Å². The molecule has 2 heterocycles. The van der Waals surface area contributed by atoms with Crippen LogP contribution in [0.5, 0.6) is 0 Å². The lowest BCUT2D eigenvalue weighted by Crippen LogP contribution is -2.35. The van der Waals surface area contributed by atoms with Gasteiger partial charge in [-0.05, 0) is 124 Å². The highest BCUT2D eigenvalue weighted by atomic mass is 15.2. The Morgan fingerprint density at radius 3 is 1.86 bits per heavy atom. The normalized spacial score (nSPS) is 14.7. The van der Waals surface area contributed by atoms with Crippen molar-refractivity contribution in [3.8, 4) is 0 Å². The van der Waals surface area contributed by atoms with Crippen molar-refractivity contribution in [1.82, 2.24) is 9.97 Å². The fraction of sp³-hybridized carbons (Fsp3) is 0.154. The van der Waals surface area contributed by atoms with Crippen molar-refractivity contribution in [3.63, 3.8) is 0 Å². The summed E-state index contributed by atoms with van der Waals surface area (Å²) in [6.45, 7) is 9.33. The summed E-state index contributed by atoms with van der Waals surface area (Å²) in [4.78, 5) is 15.4. The summed E-state index contributed by atoms with van der Waals surface area (Å²) in [5.41, 5.74) is 13.5. The Hall–Kier alpha value is -6.52. The van der Waals surface area contributed by atoms with Crippen molar-refractivity contribution >= 4 is 72.4 Å². The van der Waals surface area contributed by atoms with Gasteiger partial charge in [-0.3, -0.25) is 4.90 Å². The molecule has 0 aliphatic heterocycles. The first kappa shape index (κ1) is 34.0. The lowest BCUT2D eigenvalue weighted by atomic mass is 9.72. The van der Waals surface area contributed by atoms with Gasteiger partial charge in [0.15, 0.2) is 0 Å². The molecule has 56 heavy (non-hydrogen) atoms. The van der Waals surface area contributed by atoms with Gasteiger partial charge >= 0.3 is 0 Å². The second-order valence-electron chi connectivity index (χ2n) is 15.7. The minimum atomic E-state index is -0.0618. The van der Waals surface area contributed by atoms with Crippen LogP contribution in [0.3, 0.4) is 0 Å². The average molecular weight is 725 g/mol. The molecule has 8 aromatic rings. The zero-order chi connectivity index (χ0) is 37.9. The molecule has 2 aliphatic rings. The van der Waals surface area contributed by atoms with E-state index in [1.165, 1.54) is 44.2 Å². The largest absolute Gasteiger partial charge is 0.315 e. The molecule has 10 rings (SSSR count). The summed E-state index contributed by atoms with van der Waals surface area (Å²) in [5, 5.41) is 4.88. The number of allylic oxidation sites excluding steroid dienone is 2. The third-order valence-corrected chi connectivity index (χ3v) is 11.7. The number of hydrogen-bond donors (Lipinski definition) is 0.